The number of hydrogen-bond acceptors (Lipinski definition) is 5. The van der Waals surface area contributed by atoms with E-state index in [2.05, 4.69) is 11.6 Å². The Morgan fingerprint density at radius 2 is 1.91 bits per heavy atom. The zero-order valence-corrected chi connectivity index (χ0v) is 21.1. The number of carbonyl (C=O) groups is 1. The normalized spacial score (nSPS) is 16.1. The number of benzene rings is 2. The molecule has 7 nitrogen and oxygen atoms in total. The zero-order valence-electron chi connectivity index (χ0n) is 19.4. The number of thiazole rings is 1. The molecular formula is C25H29N3O4S2. The molecule has 2 heterocycles. The molecule has 3 aromatic rings. The summed E-state index contributed by atoms with van der Waals surface area (Å²) in [6.07, 6.45) is 2.68. The minimum Gasteiger partial charge on any atom is -0.494 e. The van der Waals surface area contributed by atoms with Gasteiger partial charge in [-0.1, -0.05) is 35.1 Å². The topological polar surface area (TPSA) is 81.0 Å². The maximum Gasteiger partial charge on any atom is 0.251 e. The number of hydrogen-bond donors (Lipinski definition) is 0. The standard InChI is InChI=1S/C25H29N3O4S2/c1-4-14-28-22-11-8-20(32-5-2)17-23(22)33-25(28)26-24(29)19-12-15-27(16-13-19)34(30,31)21-9-6-18(3)7-10-21/h4,6-11,17,19H,1,5,12-16H2,2-3H3. The number of rotatable bonds is 7. The van der Waals surface area contributed by atoms with Crippen LogP contribution < -0.4 is 9.54 Å². The number of piperidine rings is 1. The summed E-state index contributed by atoms with van der Waals surface area (Å²) in [5.41, 5.74) is 1.98. The molecule has 0 aliphatic carbocycles. The van der Waals surface area contributed by atoms with Gasteiger partial charge in [-0.3, -0.25) is 4.79 Å². The summed E-state index contributed by atoms with van der Waals surface area (Å²) in [7, 11) is -3.56. The van der Waals surface area contributed by atoms with Crippen molar-refractivity contribution in [3.05, 3.63) is 65.5 Å². The van der Waals surface area contributed by atoms with Gasteiger partial charge in [0.05, 0.1) is 21.7 Å². The van der Waals surface area contributed by atoms with Crippen LogP contribution in [0.1, 0.15) is 25.3 Å². The van der Waals surface area contributed by atoms with E-state index in [9.17, 15) is 13.2 Å². The summed E-state index contributed by atoms with van der Waals surface area (Å²) in [6.45, 7) is 9.41. The number of fused-ring (bicyclic) bond motifs is 1. The fraction of sp³-hybridized carbons (Fsp3) is 0.360. The lowest BCUT2D eigenvalue weighted by Crippen LogP contribution is -2.40. The van der Waals surface area contributed by atoms with E-state index in [1.165, 1.54) is 15.6 Å². The summed E-state index contributed by atoms with van der Waals surface area (Å²) in [4.78, 5) is 18.4. The first-order valence-electron chi connectivity index (χ1n) is 11.4. The highest BCUT2D eigenvalue weighted by atomic mass is 32.2. The van der Waals surface area contributed by atoms with Crippen molar-refractivity contribution < 1.29 is 17.9 Å². The van der Waals surface area contributed by atoms with Gasteiger partial charge in [0.1, 0.15) is 5.75 Å². The Bertz CT molecular complexity index is 1360. The Morgan fingerprint density at radius 1 is 1.21 bits per heavy atom. The van der Waals surface area contributed by atoms with Gasteiger partial charge in [0, 0.05) is 25.6 Å². The molecule has 2 aromatic carbocycles. The lowest BCUT2D eigenvalue weighted by atomic mass is 9.98. The molecule has 0 bridgehead atoms. The summed E-state index contributed by atoms with van der Waals surface area (Å²) in [5, 5.41) is 0. The van der Waals surface area contributed by atoms with Crippen molar-refractivity contribution >= 4 is 37.5 Å². The second kappa shape index (κ2) is 10.2. The Labute approximate surface area is 204 Å². The molecule has 0 saturated carbocycles. The van der Waals surface area contributed by atoms with Gasteiger partial charge in [-0.2, -0.15) is 9.30 Å². The summed E-state index contributed by atoms with van der Waals surface area (Å²) in [5.74, 6) is 0.273. The lowest BCUT2D eigenvalue weighted by Gasteiger charge is -2.29. The predicted molar refractivity (Wildman–Crippen MR) is 134 cm³/mol. The van der Waals surface area contributed by atoms with E-state index in [1.54, 1.807) is 30.3 Å². The molecular weight excluding hydrogens is 470 g/mol. The average Bonchev–Trinajstić information content (AvgIpc) is 3.16. The van der Waals surface area contributed by atoms with Gasteiger partial charge in [0.2, 0.25) is 10.0 Å². The molecule has 0 N–H and O–H groups in total. The molecule has 0 atom stereocenters. The summed E-state index contributed by atoms with van der Waals surface area (Å²) in [6, 6.07) is 12.7. The Balaban J connectivity index is 1.53. The zero-order chi connectivity index (χ0) is 24.3. The van der Waals surface area contributed by atoms with Crippen molar-refractivity contribution in [3.8, 4) is 5.75 Å². The molecule has 180 valence electrons. The monoisotopic (exact) mass is 499 g/mol. The number of nitrogens with zero attached hydrogens (tertiary/aromatic N) is 3. The van der Waals surface area contributed by atoms with Gasteiger partial charge >= 0.3 is 0 Å². The van der Waals surface area contributed by atoms with Crippen molar-refractivity contribution in [2.75, 3.05) is 19.7 Å². The van der Waals surface area contributed by atoms with Crippen LogP contribution in [0.3, 0.4) is 0 Å². The van der Waals surface area contributed by atoms with E-state index in [4.69, 9.17) is 4.74 Å². The second-order valence-electron chi connectivity index (χ2n) is 8.29. The van der Waals surface area contributed by atoms with Gasteiger partial charge in [0.25, 0.3) is 5.91 Å². The second-order valence-corrected chi connectivity index (χ2v) is 11.2. The molecule has 1 amide bonds. The number of allylic oxidation sites excluding steroid dienone is 1. The molecule has 4 rings (SSSR count). The minimum absolute atomic E-state index is 0.207. The van der Waals surface area contributed by atoms with E-state index in [-0.39, 0.29) is 16.7 Å². The van der Waals surface area contributed by atoms with Crippen molar-refractivity contribution in [3.63, 3.8) is 0 Å². The largest absolute Gasteiger partial charge is 0.494 e. The molecule has 0 spiro atoms. The first-order valence-corrected chi connectivity index (χ1v) is 13.6. The Hall–Kier alpha value is -2.75. The van der Waals surface area contributed by atoms with Crippen LogP contribution in [-0.4, -0.2) is 42.9 Å². The van der Waals surface area contributed by atoms with Crippen molar-refractivity contribution in [1.82, 2.24) is 8.87 Å². The van der Waals surface area contributed by atoms with Gasteiger partial charge in [-0.05, 0) is 57.0 Å². The summed E-state index contributed by atoms with van der Waals surface area (Å²) >= 11 is 1.44. The van der Waals surface area contributed by atoms with E-state index in [0.717, 1.165) is 21.5 Å². The third-order valence-electron chi connectivity index (χ3n) is 5.94. The fourth-order valence-electron chi connectivity index (χ4n) is 4.09. The Morgan fingerprint density at radius 3 is 2.56 bits per heavy atom. The third kappa shape index (κ3) is 5.01. The molecule has 1 fully saturated rings. The molecule has 9 heteroatoms. The van der Waals surface area contributed by atoms with Crippen LogP contribution in [-0.2, 0) is 21.4 Å². The van der Waals surface area contributed by atoms with Crippen LogP contribution in [0.25, 0.3) is 10.2 Å². The van der Waals surface area contributed by atoms with Crippen LogP contribution in [0.4, 0.5) is 0 Å². The molecule has 0 unspecified atom stereocenters. The summed E-state index contributed by atoms with van der Waals surface area (Å²) < 4.78 is 35.9. The minimum atomic E-state index is -3.56. The van der Waals surface area contributed by atoms with Crippen LogP contribution in [0.2, 0.25) is 0 Å². The molecule has 0 radical (unpaired) electrons. The maximum absolute atomic E-state index is 13.0. The van der Waals surface area contributed by atoms with Gasteiger partial charge in [0.15, 0.2) is 4.80 Å². The smallest absolute Gasteiger partial charge is 0.251 e. The maximum atomic E-state index is 13.0. The van der Waals surface area contributed by atoms with Crippen LogP contribution in [0.15, 0.2) is 65.0 Å². The van der Waals surface area contributed by atoms with Crippen molar-refractivity contribution in [1.29, 1.82) is 0 Å². The van der Waals surface area contributed by atoms with Crippen LogP contribution >= 0.6 is 11.3 Å². The van der Waals surface area contributed by atoms with E-state index in [0.29, 0.717) is 43.9 Å². The highest BCUT2D eigenvalue weighted by Gasteiger charge is 2.32. The van der Waals surface area contributed by atoms with E-state index in [1.807, 2.05) is 36.6 Å². The number of ether oxygens (including phenoxy) is 1. The first kappa shape index (κ1) is 24.4. The van der Waals surface area contributed by atoms with Crippen LogP contribution in [0, 0.1) is 12.8 Å². The predicted octanol–water partition coefficient (Wildman–Crippen LogP) is 4.12. The number of aromatic nitrogens is 1. The molecule has 1 aliphatic rings. The molecule has 1 aromatic heterocycles. The van der Waals surface area contributed by atoms with Gasteiger partial charge < -0.3 is 9.30 Å². The van der Waals surface area contributed by atoms with Crippen LogP contribution in [0.5, 0.6) is 5.75 Å². The lowest BCUT2D eigenvalue weighted by molar-refractivity contribution is -0.122. The average molecular weight is 500 g/mol. The highest BCUT2D eigenvalue weighted by Crippen LogP contribution is 2.26. The van der Waals surface area contributed by atoms with Gasteiger partial charge in [-0.25, -0.2) is 8.42 Å². The van der Waals surface area contributed by atoms with Crippen molar-refractivity contribution in [2.45, 2.75) is 38.1 Å². The number of carbonyl (C=O) groups excluding carboxylic acids is 1. The molecule has 1 saturated heterocycles. The first-order chi connectivity index (χ1) is 16.3. The SMILES string of the molecule is C=CCn1c(=NC(=O)C2CCN(S(=O)(=O)c3ccc(C)cc3)CC2)sc2cc(OCC)ccc21. The third-order valence-corrected chi connectivity index (χ3v) is 8.90. The van der Waals surface area contributed by atoms with Crippen molar-refractivity contribution in [2.24, 2.45) is 10.9 Å². The number of sulfonamides is 1. The molecule has 1 aliphatic heterocycles. The number of amides is 1. The van der Waals surface area contributed by atoms with Gasteiger partial charge in [-0.15, -0.1) is 6.58 Å². The Kier molecular flexibility index (Phi) is 7.35. The quantitative estimate of drug-likeness (QED) is 0.458. The van der Waals surface area contributed by atoms with E-state index < -0.39 is 10.0 Å². The fourth-order valence-corrected chi connectivity index (χ4v) is 6.63. The molecule has 34 heavy (non-hydrogen) atoms. The number of aryl methyl sites for hydroxylation is 1. The van der Waals surface area contributed by atoms with E-state index >= 15 is 0 Å². The highest BCUT2D eigenvalue weighted by molar-refractivity contribution is 7.89.